The summed E-state index contributed by atoms with van der Waals surface area (Å²) in [6.45, 7) is -0.126. The second kappa shape index (κ2) is 10.5. The van der Waals surface area contributed by atoms with Gasteiger partial charge in [0, 0.05) is 11.9 Å². The number of halogens is 2. The van der Waals surface area contributed by atoms with Crippen molar-refractivity contribution in [2.24, 2.45) is 0 Å². The molecule has 1 N–H and O–H groups in total. The maximum absolute atomic E-state index is 13.2. The zero-order valence-electron chi connectivity index (χ0n) is 16.2. The predicted octanol–water partition coefficient (Wildman–Crippen LogP) is 5.92. The Hall–Kier alpha value is -2.47. The molecule has 0 aliphatic heterocycles. The van der Waals surface area contributed by atoms with Gasteiger partial charge in [-0.05, 0) is 29.8 Å². The van der Waals surface area contributed by atoms with Gasteiger partial charge in [0.25, 0.3) is 0 Å². The molecule has 0 bridgehead atoms. The van der Waals surface area contributed by atoms with Crippen molar-refractivity contribution in [3.05, 3.63) is 94.5 Å². The van der Waals surface area contributed by atoms with Gasteiger partial charge in [0.15, 0.2) is 0 Å². The normalized spacial score (nSPS) is 11.6. The third-order valence-electron chi connectivity index (χ3n) is 4.31. The summed E-state index contributed by atoms with van der Waals surface area (Å²) in [6, 6.07) is 24.2. The van der Waals surface area contributed by atoms with Crippen LogP contribution in [0.2, 0.25) is 10.0 Å². The van der Waals surface area contributed by atoms with E-state index in [1.165, 1.54) is 16.7 Å². The van der Waals surface area contributed by atoms with Gasteiger partial charge in [-0.25, -0.2) is 0 Å². The Labute approximate surface area is 190 Å². The first-order valence-corrected chi connectivity index (χ1v) is 10.8. The average Bonchev–Trinajstić information content (AvgIpc) is 2.75. The fraction of sp³-hybridized carbons (Fsp3) is 0.130. The van der Waals surface area contributed by atoms with Crippen molar-refractivity contribution >= 4 is 52.5 Å². The zero-order chi connectivity index (χ0) is 21.5. The van der Waals surface area contributed by atoms with Crippen LogP contribution >= 0.6 is 35.0 Å². The number of thioether (sulfide) groups is 1. The number of amides is 2. The van der Waals surface area contributed by atoms with Crippen LogP contribution in [0.25, 0.3) is 0 Å². The van der Waals surface area contributed by atoms with Gasteiger partial charge in [-0.2, -0.15) is 0 Å². The van der Waals surface area contributed by atoms with Crippen LogP contribution < -0.4 is 5.32 Å². The molecule has 0 aromatic heterocycles. The Balaban J connectivity index is 1.74. The first-order chi connectivity index (χ1) is 14.5. The Morgan fingerprint density at radius 3 is 2.07 bits per heavy atom. The fourth-order valence-electron chi connectivity index (χ4n) is 2.81. The maximum atomic E-state index is 13.2. The number of likely N-dealkylation sites (N-methyl/N-ethyl adjacent to an activating group) is 1. The van der Waals surface area contributed by atoms with Crippen LogP contribution in [0, 0.1) is 0 Å². The molecule has 3 aromatic rings. The SMILES string of the molecule is CN(CC(=O)Nc1c(Cl)cccc1Cl)C(=O)C(Sc1ccccc1)c1ccccc1. The highest BCUT2D eigenvalue weighted by atomic mass is 35.5. The molecule has 0 saturated carbocycles. The van der Waals surface area contributed by atoms with Gasteiger partial charge in [0.05, 0.1) is 22.3 Å². The molecule has 4 nitrogen and oxygen atoms in total. The minimum absolute atomic E-state index is 0.126. The number of benzene rings is 3. The van der Waals surface area contributed by atoms with E-state index in [9.17, 15) is 9.59 Å². The Kier molecular flexibility index (Phi) is 7.80. The topological polar surface area (TPSA) is 49.4 Å². The van der Waals surface area contributed by atoms with Crippen LogP contribution in [0.5, 0.6) is 0 Å². The van der Waals surface area contributed by atoms with Crippen LogP contribution in [0.4, 0.5) is 5.69 Å². The number of nitrogens with zero attached hydrogens (tertiary/aromatic N) is 1. The van der Waals surface area contributed by atoms with Gasteiger partial charge in [-0.15, -0.1) is 11.8 Å². The minimum Gasteiger partial charge on any atom is -0.335 e. The molecule has 3 aromatic carbocycles. The summed E-state index contributed by atoms with van der Waals surface area (Å²) >= 11 is 13.7. The molecular formula is C23H20Cl2N2O2S. The molecule has 1 unspecified atom stereocenters. The average molecular weight is 459 g/mol. The van der Waals surface area contributed by atoms with Crippen molar-refractivity contribution in [2.45, 2.75) is 10.1 Å². The lowest BCUT2D eigenvalue weighted by atomic mass is 10.1. The highest BCUT2D eigenvalue weighted by molar-refractivity contribution is 8.00. The Morgan fingerprint density at radius 1 is 0.900 bits per heavy atom. The van der Waals surface area contributed by atoms with Crippen molar-refractivity contribution in [3.63, 3.8) is 0 Å². The third kappa shape index (κ3) is 5.79. The second-order valence-electron chi connectivity index (χ2n) is 6.56. The number of anilines is 1. The minimum atomic E-state index is -0.477. The molecule has 1 atom stereocenters. The quantitative estimate of drug-likeness (QED) is 0.446. The van der Waals surface area contributed by atoms with Crippen molar-refractivity contribution in [1.82, 2.24) is 4.90 Å². The van der Waals surface area contributed by atoms with Gasteiger partial charge < -0.3 is 10.2 Å². The molecule has 0 aliphatic carbocycles. The van der Waals surface area contributed by atoms with Crippen LogP contribution in [-0.2, 0) is 9.59 Å². The van der Waals surface area contributed by atoms with Gasteiger partial charge in [-0.1, -0.05) is 77.8 Å². The molecule has 7 heteroatoms. The monoisotopic (exact) mass is 458 g/mol. The third-order valence-corrected chi connectivity index (χ3v) is 6.19. The first-order valence-electron chi connectivity index (χ1n) is 9.21. The highest BCUT2D eigenvalue weighted by Gasteiger charge is 2.26. The van der Waals surface area contributed by atoms with E-state index in [0.717, 1.165) is 10.5 Å². The van der Waals surface area contributed by atoms with Crippen molar-refractivity contribution < 1.29 is 9.59 Å². The molecular weight excluding hydrogens is 439 g/mol. The van der Waals surface area contributed by atoms with Crippen molar-refractivity contribution in [1.29, 1.82) is 0 Å². The summed E-state index contributed by atoms with van der Waals surface area (Å²) in [5, 5.41) is 2.89. The van der Waals surface area contributed by atoms with Crippen molar-refractivity contribution in [2.75, 3.05) is 18.9 Å². The number of para-hydroxylation sites is 1. The van der Waals surface area contributed by atoms with E-state index >= 15 is 0 Å². The summed E-state index contributed by atoms with van der Waals surface area (Å²) in [6.07, 6.45) is 0. The standard InChI is InChI=1S/C23H20Cl2N2O2S/c1-27(15-20(28)26-21-18(24)13-8-14-19(21)25)23(29)22(16-9-4-2-5-10-16)30-17-11-6-3-7-12-17/h2-14,22H,15H2,1H3,(H,26,28). The molecule has 30 heavy (non-hydrogen) atoms. The Morgan fingerprint density at radius 2 is 1.47 bits per heavy atom. The van der Waals surface area contributed by atoms with Crippen LogP contribution in [0.1, 0.15) is 10.8 Å². The summed E-state index contributed by atoms with van der Waals surface area (Å²) in [5.74, 6) is -0.548. The number of nitrogens with one attached hydrogen (secondary N) is 1. The number of rotatable bonds is 7. The second-order valence-corrected chi connectivity index (χ2v) is 8.55. The van der Waals surface area contributed by atoms with Crippen molar-refractivity contribution in [3.8, 4) is 0 Å². The van der Waals surface area contributed by atoms with E-state index < -0.39 is 5.25 Å². The number of carbonyl (C=O) groups is 2. The molecule has 0 aliphatic rings. The number of hydrogen-bond acceptors (Lipinski definition) is 3. The molecule has 0 spiro atoms. The summed E-state index contributed by atoms with van der Waals surface area (Å²) in [5.41, 5.74) is 1.21. The van der Waals surface area contributed by atoms with Crippen LogP contribution in [0.3, 0.4) is 0 Å². The highest BCUT2D eigenvalue weighted by Crippen LogP contribution is 2.36. The summed E-state index contributed by atoms with van der Waals surface area (Å²) in [7, 11) is 1.61. The molecule has 3 rings (SSSR count). The smallest absolute Gasteiger partial charge is 0.244 e. The van der Waals surface area contributed by atoms with Gasteiger partial charge >= 0.3 is 0 Å². The Bertz CT molecular complexity index is 996. The largest absolute Gasteiger partial charge is 0.335 e. The molecule has 2 amide bonds. The summed E-state index contributed by atoms with van der Waals surface area (Å²) in [4.78, 5) is 28.1. The number of hydrogen-bond donors (Lipinski definition) is 1. The van der Waals surface area contributed by atoms with E-state index in [1.54, 1.807) is 25.2 Å². The van der Waals surface area contributed by atoms with E-state index in [-0.39, 0.29) is 18.4 Å². The van der Waals surface area contributed by atoms with E-state index in [0.29, 0.717) is 15.7 Å². The summed E-state index contributed by atoms with van der Waals surface area (Å²) < 4.78 is 0. The first kappa shape index (κ1) is 22.2. The van der Waals surface area contributed by atoms with Crippen LogP contribution in [-0.4, -0.2) is 30.3 Å². The predicted molar refractivity (Wildman–Crippen MR) is 124 cm³/mol. The molecule has 0 heterocycles. The van der Waals surface area contributed by atoms with Gasteiger partial charge in [0.1, 0.15) is 5.25 Å². The van der Waals surface area contributed by atoms with Crippen LogP contribution in [0.15, 0.2) is 83.8 Å². The van der Waals surface area contributed by atoms with E-state index in [1.807, 2.05) is 60.7 Å². The molecule has 154 valence electrons. The lowest BCUT2D eigenvalue weighted by Crippen LogP contribution is -2.37. The lowest BCUT2D eigenvalue weighted by Gasteiger charge is -2.24. The molecule has 0 radical (unpaired) electrons. The fourth-order valence-corrected chi connectivity index (χ4v) is 4.47. The molecule has 0 fully saturated rings. The molecule has 0 saturated heterocycles. The van der Waals surface area contributed by atoms with E-state index in [2.05, 4.69) is 5.32 Å². The number of carbonyl (C=O) groups excluding carboxylic acids is 2. The maximum Gasteiger partial charge on any atom is 0.244 e. The lowest BCUT2D eigenvalue weighted by molar-refractivity contribution is -0.132. The zero-order valence-corrected chi connectivity index (χ0v) is 18.5. The van der Waals surface area contributed by atoms with Gasteiger partial charge in [-0.3, -0.25) is 9.59 Å². The van der Waals surface area contributed by atoms with E-state index in [4.69, 9.17) is 23.2 Å². The van der Waals surface area contributed by atoms with Gasteiger partial charge in [0.2, 0.25) is 11.8 Å².